The number of likely N-dealkylation sites (tertiary alicyclic amines) is 1. The number of benzene rings is 1. The van der Waals surface area contributed by atoms with Gasteiger partial charge in [-0.2, -0.15) is 0 Å². The van der Waals surface area contributed by atoms with E-state index in [2.05, 4.69) is 0 Å². The van der Waals surface area contributed by atoms with Gasteiger partial charge in [-0.3, -0.25) is 0 Å². The molecule has 5 nitrogen and oxygen atoms in total. The van der Waals surface area contributed by atoms with Crippen LogP contribution in [0, 0.1) is 0 Å². The summed E-state index contributed by atoms with van der Waals surface area (Å²) in [7, 11) is 0. The van der Waals surface area contributed by atoms with Crippen LogP contribution in [0.5, 0.6) is 5.75 Å². The Bertz CT molecular complexity index is 508. The van der Waals surface area contributed by atoms with Crippen LogP contribution in [-0.2, 0) is 4.74 Å². The number of rotatable bonds is 1. The van der Waals surface area contributed by atoms with Crippen LogP contribution in [0.15, 0.2) is 24.3 Å². The molecule has 0 bridgehead atoms. The van der Waals surface area contributed by atoms with Crippen molar-refractivity contribution in [2.45, 2.75) is 30.8 Å². The van der Waals surface area contributed by atoms with Crippen LogP contribution in [-0.4, -0.2) is 46.5 Å². The zero-order valence-electron chi connectivity index (χ0n) is 11.3. The lowest BCUT2D eigenvalue weighted by Crippen LogP contribution is -2.45. The molecule has 20 heavy (non-hydrogen) atoms. The normalized spacial score (nSPS) is 25.0. The molecule has 2 fully saturated rings. The maximum atomic E-state index is 10.9. The highest BCUT2D eigenvalue weighted by molar-refractivity contribution is 5.65. The second kappa shape index (κ2) is 4.98. The molecule has 108 valence electrons. The monoisotopic (exact) mass is 277 g/mol. The van der Waals surface area contributed by atoms with Crippen LogP contribution in [0.1, 0.15) is 30.7 Å². The quantitative estimate of drug-likeness (QED) is 0.827. The summed E-state index contributed by atoms with van der Waals surface area (Å²) in [5, 5.41) is 18.5. The summed E-state index contributed by atoms with van der Waals surface area (Å²) in [6, 6.07) is 7.32. The van der Waals surface area contributed by atoms with E-state index in [1.54, 1.807) is 12.1 Å². The van der Waals surface area contributed by atoms with Gasteiger partial charge in [-0.25, -0.2) is 4.79 Å². The minimum Gasteiger partial charge on any atom is -0.508 e. The second-order valence-corrected chi connectivity index (χ2v) is 5.76. The summed E-state index contributed by atoms with van der Waals surface area (Å²) in [4.78, 5) is 12.4. The summed E-state index contributed by atoms with van der Waals surface area (Å²) in [5.74, 6) is 0.572. The van der Waals surface area contributed by atoms with E-state index in [4.69, 9.17) is 9.84 Å². The highest BCUT2D eigenvalue weighted by Gasteiger charge is 2.43. The van der Waals surface area contributed by atoms with Gasteiger partial charge in [-0.1, -0.05) is 12.1 Å². The van der Waals surface area contributed by atoms with Gasteiger partial charge in [0.2, 0.25) is 0 Å². The number of amides is 1. The number of carbonyl (C=O) groups is 1. The maximum absolute atomic E-state index is 10.9. The molecule has 5 heteroatoms. The van der Waals surface area contributed by atoms with E-state index < -0.39 is 6.09 Å². The maximum Gasteiger partial charge on any atom is 0.407 e. The van der Waals surface area contributed by atoms with E-state index >= 15 is 0 Å². The summed E-state index contributed by atoms with van der Waals surface area (Å²) < 4.78 is 6.02. The minimum atomic E-state index is -0.845. The van der Waals surface area contributed by atoms with Gasteiger partial charge < -0.3 is 19.8 Å². The van der Waals surface area contributed by atoms with Crippen molar-refractivity contribution >= 4 is 6.09 Å². The van der Waals surface area contributed by atoms with Gasteiger partial charge in [0.15, 0.2) is 0 Å². The fraction of sp³-hybridized carbons (Fsp3) is 0.533. The van der Waals surface area contributed by atoms with Gasteiger partial charge in [0.25, 0.3) is 0 Å². The number of ether oxygens (including phenoxy) is 1. The largest absolute Gasteiger partial charge is 0.508 e. The van der Waals surface area contributed by atoms with Gasteiger partial charge in [0.1, 0.15) is 5.75 Å². The Kier molecular flexibility index (Phi) is 3.30. The molecule has 2 aliphatic rings. The third kappa shape index (κ3) is 2.45. The van der Waals surface area contributed by atoms with Gasteiger partial charge in [0.05, 0.1) is 12.2 Å². The van der Waals surface area contributed by atoms with E-state index in [0.717, 1.165) is 24.8 Å². The van der Waals surface area contributed by atoms with Gasteiger partial charge >= 0.3 is 6.09 Å². The molecule has 0 unspecified atom stereocenters. The number of phenols is 1. The first-order chi connectivity index (χ1) is 9.58. The Balaban J connectivity index is 1.67. The lowest BCUT2D eigenvalue weighted by atomic mass is 9.83. The standard InChI is InChI=1S/C15H19NO4/c17-13-3-1-2-11(8-13)12-9-15(20-10-12)4-6-16(7-5-15)14(18)19/h1-3,8,12,17H,4-7,9-10H2,(H,18,19)/t12-/m0/s1. The fourth-order valence-electron chi connectivity index (χ4n) is 3.29. The van der Waals surface area contributed by atoms with Crippen molar-refractivity contribution in [2.24, 2.45) is 0 Å². The van der Waals surface area contributed by atoms with Crippen molar-refractivity contribution in [1.29, 1.82) is 0 Å². The van der Waals surface area contributed by atoms with Crippen molar-refractivity contribution in [2.75, 3.05) is 19.7 Å². The van der Waals surface area contributed by atoms with Gasteiger partial charge in [-0.15, -0.1) is 0 Å². The second-order valence-electron chi connectivity index (χ2n) is 5.76. The highest BCUT2D eigenvalue weighted by atomic mass is 16.5. The minimum absolute atomic E-state index is 0.178. The van der Waals surface area contributed by atoms with Crippen LogP contribution in [0.2, 0.25) is 0 Å². The molecule has 1 spiro atoms. The van der Waals surface area contributed by atoms with Crippen LogP contribution in [0.4, 0.5) is 4.79 Å². The van der Waals surface area contributed by atoms with E-state index in [1.165, 1.54) is 4.90 Å². The third-order valence-electron chi connectivity index (χ3n) is 4.50. The molecule has 2 aliphatic heterocycles. The van der Waals surface area contributed by atoms with E-state index in [0.29, 0.717) is 25.6 Å². The molecule has 2 heterocycles. The van der Waals surface area contributed by atoms with Crippen molar-refractivity contribution < 1.29 is 19.7 Å². The summed E-state index contributed by atoms with van der Waals surface area (Å²) in [6.07, 6.45) is 1.58. The molecular formula is C15H19NO4. The Morgan fingerprint density at radius 1 is 1.35 bits per heavy atom. The molecule has 0 saturated carbocycles. The topological polar surface area (TPSA) is 70.0 Å². The first-order valence-corrected chi connectivity index (χ1v) is 6.99. The molecule has 3 rings (SSSR count). The Hall–Kier alpha value is -1.75. The average molecular weight is 277 g/mol. The molecule has 1 atom stereocenters. The summed E-state index contributed by atoms with van der Waals surface area (Å²) in [6.45, 7) is 1.74. The molecule has 1 aromatic rings. The predicted molar refractivity (Wildman–Crippen MR) is 73.0 cm³/mol. The van der Waals surface area contributed by atoms with Crippen molar-refractivity contribution in [3.63, 3.8) is 0 Å². The molecule has 0 aliphatic carbocycles. The SMILES string of the molecule is O=C(O)N1CCC2(CC1)C[C@H](c1cccc(O)c1)CO2. The number of carboxylic acid groups (broad SMARTS) is 1. The van der Waals surface area contributed by atoms with Gasteiger partial charge in [0, 0.05) is 19.0 Å². The number of phenolic OH excluding ortho intramolecular Hbond substituents is 1. The van der Waals surface area contributed by atoms with Gasteiger partial charge in [-0.05, 0) is 37.0 Å². The van der Waals surface area contributed by atoms with Crippen LogP contribution < -0.4 is 0 Å². The smallest absolute Gasteiger partial charge is 0.407 e. The molecule has 1 amide bonds. The number of piperidine rings is 1. The van der Waals surface area contributed by atoms with Crippen LogP contribution in [0.3, 0.4) is 0 Å². The molecule has 0 aromatic heterocycles. The highest BCUT2D eigenvalue weighted by Crippen LogP contribution is 2.43. The Morgan fingerprint density at radius 2 is 2.10 bits per heavy atom. The lowest BCUT2D eigenvalue weighted by Gasteiger charge is -2.37. The average Bonchev–Trinajstić information content (AvgIpc) is 2.83. The van der Waals surface area contributed by atoms with Crippen LogP contribution >= 0.6 is 0 Å². The summed E-state index contributed by atoms with van der Waals surface area (Å²) in [5.41, 5.74) is 0.921. The molecule has 1 aromatic carbocycles. The molecule has 2 saturated heterocycles. The van der Waals surface area contributed by atoms with E-state index in [1.807, 2.05) is 12.1 Å². The van der Waals surface area contributed by atoms with Crippen LogP contribution in [0.25, 0.3) is 0 Å². The Morgan fingerprint density at radius 3 is 2.75 bits per heavy atom. The van der Waals surface area contributed by atoms with E-state index in [-0.39, 0.29) is 11.4 Å². The fourth-order valence-corrected chi connectivity index (χ4v) is 3.29. The first-order valence-electron chi connectivity index (χ1n) is 6.99. The molecule has 2 N–H and O–H groups in total. The molecular weight excluding hydrogens is 258 g/mol. The van der Waals surface area contributed by atoms with Crippen molar-refractivity contribution in [3.05, 3.63) is 29.8 Å². The third-order valence-corrected chi connectivity index (χ3v) is 4.50. The first kappa shape index (κ1) is 13.2. The zero-order valence-corrected chi connectivity index (χ0v) is 11.3. The van der Waals surface area contributed by atoms with E-state index in [9.17, 15) is 9.90 Å². The number of hydrogen-bond acceptors (Lipinski definition) is 3. The lowest BCUT2D eigenvalue weighted by molar-refractivity contribution is -0.0394. The predicted octanol–water partition coefficient (Wildman–Crippen LogP) is 2.41. The van der Waals surface area contributed by atoms with Crippen molar-refractivity contribution in [1.82, 2.24) is 4.90 Å². The summed E-state index contributed by atoms with van der Waals surface area (Å²) >= 11 is 0. The molecule has 0 radical (unpaired) electrons. The Labute approximate surface area is 117 Å². The number of nitrogens with zero attached hydrogens (tertiary/aromatic N) is 1. The van der Waals surface area contributed by atoms with Crippen molar-refractivity contribution in [3.8, 4) is 5.75 Å². The zero-order chi connectivity index (χ0) is 14.2. The number of aromatic hydroxyl groups is 1. The number of hydrogen-bond donors (Lipinski definition) is 2.